The predicted molar refractivity (Wildman–Crippen MR) is 76.4 cm³/mol. The van der Waals surface area contributed by atoms with Gasteiger partial charge < -0.3 is 10.2 Å². The quantitative estimate of drug-likeness (QED) is 0.750. The summed E-state index contributed by atoms with van der Waals surface area (Å²) in [6.07, 6.45) is 7.96. The van der Waals surface area contributed by atoms with Gasteiger partial charge in [-0.2, -0.15) is 0 Å². The molecule has 21 heavy (non-hydrogen) atoms. The zero-order valence-electron chi connectivity index (χ0n) is 12.3. The van der Waals surface area contributed by atoms with Crippen LogP contribution >= 0.6 is 0 Å². The second-order valence-corrected chi connectivity index (χ2v) is 6.62. The van der Waals surface area contributed by atoms with Crippen LogP contribution in [0.4, 0.5) is 4.79 Å². The molecule has 0 aromatic carbocycles. The Morgan fingerprint density at radius 2 is 1.95 bits per heavy atom. The molecule has 3 rings (SSSR count). The maximum atomic E-state index is 12.5. The third-order valence-electron chi connectivity index (χ3n) is 5.05. The van der Waals surface area contributed by atoms with E-state index < -0.39 is 11.6 Å². The van der Waals surface area contributed by atoms with Crippen molar-refractivity contribution >= 4 is 17.8 Å². The fourth-order valence-corrected chi connectivity index (χ4v) is 3.85. The van der Waals surface area contributed by atoms with Gasteiger partial charge in [-0.15, -0.1) is 0 Å². The summed E-state index contributed by atoms with van der Waals surface area (Å²) < 4.78 is 0. The first kappa shape index (κ1) is 14.4. The molecule has 1 unspecified atom stereocenters. The number of piperidine rings is 1. The molecule has 2 saturated heterocycles. The molecule has 1 spiro atoms. The topological polar surface area (TPSA) is 78.5 Å². The van der Waals surface area contributed by atoms with E-state index in [0.29, 0.717) is 31.8 Å². The van der Waals surface area contributed by atoms with Gasteiger partial charge in [-0.05, 0) is 31.6 Å². The lowest BCUT2D eigenvalue weighted by molar-refractivity contribution is -0.137. The molecule has 1 atom stereocenters. The second kappa shape index (κ2) is 5.66. The van der Waals surface area contributed by atoms with Crippen molar-refractivity contribution in [2.45, 2.75) is 56.9 Å². The Labute approximate surface area is 124 Å². The predicted octanol–water partition coefficient (Wildman–Crippen LogP) is 1.16. The summed E-state index contributed by atoms with van der Waals surface area (Å²) in [4.78, 5) is 37.6. The smallest absolute Gasteiger partial charge is 0.322 e. The fraction of sp³-hybridized carbons (Fsp3) is 0.800. The van der Waals surface area contributed by atoms with Crippen molar-refractivity contribution in [3.63, 3.8) is 0 Å². The number of imide groups is 1. The van der Waals surface area contributed by atoms with Gasteiger partial charge >= 0.3 is 6.03 Å². The molecular weight excluding hydrogens is 270 g/mol. The summed E-state index contributed by atoms with van der Waals surface area (Å²) in [6.45, 7) is 1.01. The van der Waals surface area contributed by atoms with E-state index in [1.807, 2.05) is 0 Å². The van der Waals surface area contributed by atoms with Crippen molar-refractivity contribution in [3.05, 3.63) is 0 Å². The molecule has 2 N–H and O–H groups in total. The van der Waals surface area contributed by atoms with Crippen molar-refractivity contribution in [2.75, 3.05) is 13.1 Å². The van der Waals surface area contributed by atoms with Crippen LogP contribution in [0.3, 0.4) is 0 Å². The van der Waals surface area contributed by atoms with E-state index in [1.165, 1.54) is 19.3 Å². The summed E-state index contributed by atoms with van der Waals surface area (Å²) in [5, 5.41) is 5.01. The van der Waals surface area contributed by atoms with Crippen molar-refractivity contribution in [2.24, 2.45) is 5.92 Å². The number of hydrogen-bond donors (Lipinski definition) is 2. The Morgan fingerprint density at radius 1 is 1.19 bits per heavy atom. The summed E-state index contributed by atoms with van der Waals surface area (Å²) in [5.41, 5.74) is -0.891. The lowest BCUT2D eigenvalue weighted by atomic mass is 9.85. The first-order chi connectivity index (χ1) is 10.1. The molecule has 2 heterocycles. The zero-order chi connectivity index (χ0) is 14.9. The molecule has 6 nitrogen and oxygen atoms in total. The third-order valence-corrected chi connectivity index (χ3v) is 5.05. The average Bonchev–Trinajstić information content (AvgIpc) is 2.74. The van der Waals surface area contributed by atoms with Crippen LogP contribution in [0.2, 0.25) is 0 Å². The highest BCUT2D eigenvalue weighted by Gasteiger charge is 2.49. The number of carbonyl (C=O) groups is 3. The summed E-state index contributed by atoms with van der Waals surface area (Å²) in [6, 6.07) is -0.443. The van der Waals surface area contributed by atoms with Gasteiger partial charge in [-0.25, -0.2) is 4.79 Å². The van der Waals surface area contributed by atoms with Crippen LogP contribution < -0.4 is 10.6 Å². The number of nitrogens with zero attached hydrogens (tertiary/aromatic N) is 1. The molecule has 3 fully saturated rings. The largest absolute Gasteiger partial charge is 0.340 e. The highest BCUT2D eigenvalue weighted by Crippen LogP contribution is 2.29. The van der Waals surface area contributed by atoms with Crippen LogP contribution in [0.1, 0.15) is 51.4 Å². The van der Waals surface area contributed by atoms with E-state index in [0.717, 1.165) is 19.3 Å². The second-order valence-electron chi connectivity index (χ2n) is 6.62. The highest BCUT2D eigenvalue weighted by atomic mass is 16.2. The Kier molecular flexibility index (Phi) is 3.87. The highest BCUT2D eigenvalue weighted by molar-refractivity contribution is 6.07. The molecule has 6 heteroatoms. The van der Waals surface area contributed by atoms with Crippen LogP contribution in [0.5, 0.6) is 0 Å². The normalized spacial score (nSPS) is 30.4. The van der Waals surface area contributed by atoms with E-state index in [9.17, 15) is 14.4 Å². The number of rotatable bonds is 2. The number of nitrogens with one attached hydrogen (secondary N) is 2. The molecule has 1 aliphatic carbocycles. The molecule has 2 aliphatic heterocycles. The lowest BCUT2D eigenvalue weighted by Crippen LogP contribution is -2.59. The Bertz CT molecular complexity index is 459. The molecule has 1 saturated carbocycles. The van der Waals surface area contributed by atoms with Gasteiger partial charge in [0.1, 0.15) is 5.54 Å². The first-order valence-corrected chi connectivity index (χ1v) is 8.00. The van der Waals surface area contributed by atoms with Gasteiger partial charge in [0.2, 0.25) is 5.91 Å². The molecule has 0 aromatic rings. The summed E-state index contributed by atoms with van der Waals surface area (Å²) in [7, 11) is 0. The number of likely N-dealkylation sites (tertiary alicyclic amines) is 1. The molecule has 0 radical (unpaired) electrons. The Morgan fingerprint density at radius 3 is 2.62 bits per heavy atom. The molecule has 4 amide bonds. The minimum atomic E-state index is -0.891. The van der Waals surface area contributed by atoms with Gasteiger partial charge in [-0.1, -0.05) is 19.3 Å². The number of amides is 4. The summed E-state index contributed by atoms with van der Waals surface area (Å²) in [5.74, 6) is 0.341. The number of hydrogen-bond acceptors (Lipinski definition) is 3. The fourth-order valence-electron chi connectivity index (χ4n) is 3.85. The third kappa shape index (κ3) is 2.89. The van der Waals surface area contributed by atoms with Gasteiger partial charge in [0.25, 0.3) is 5.91 Å². The van der Waals surface area contributed by atoms with E-state index in [2.05, 4.69) is 10.6 Å². The van der Waals surface area contributed by atoms with Gasteiger partial charge in [-0.3, -0.25) is 14.9 Å². The van der Waals surface area contributed by atoms with Crippen molar-refractivity contribution in [1.29, 1.82) is 0 Å². The molecule has 0 bridgehead atoms. The van der Waals surface area contributed by atoms with E-state index in [-0.39, 0.29) is 11.8 Å². The average molecular weight is 293 g/mol. The zero-order valence-corrected chi connectivity index (χ0v) is 12.3. The van der Waals surface area contributed by atoms with Crippen LogP contribution in [0.15, 0.2) is 0 Å². The van der Waals surface area contributed by atoms with Crippen molar-refractivity contribution in [3.8, 4) is 0 Å². The Balaban J connectivity index is 1.61. The number of carbonyl (C=O) groups excluding carboxylic acids is 3. The standard InChI is InChI=1S/C15H23N3O3/c19-12(9-11-5-2-1-3-6-11)18-8-4-7-15(10-18)13(20)16-14(21)17-15/h11H,1-10H2,(H2,16,17,20,21). The van der Waals surface area contributed by atoms with Gasteiger partial charge in [0, 0.05) is 13.0 Å². The summed E-state index contributed by atoms with van der Waals surface area (Å²) >= 11 is 0. The van der Waals surface area contributed by atoms with E-state index in [4.69, 9.17) is 0 Å². The molecular formula is C15H23N3O3. The minimum absolute atomic E-state index is 0.134. The van der Waals surface area contributed by atoms with Crippen molar-refractivity contribution in [1.82, 2.24) is 15.5 Å². The van der Waals surface area contributed by atoms with E-state index in [1.54, 1.807) is 4.90 Å². The van der Waals surface area contributed by atoms with Crippen LogP contribution in [-0.2, 0) is 9.59 Å². The van der Waals surface area contributed by atoms with Gasteiger partial charge in [0.05, 0.1) is 6.54 Å². The van der Waals surface area contributed by atoms with E-state index >= 15 is 0 Å². The first-order valence-electron chi connectivity index (χ1n) is 8.00. The molecule has 3 aliphatic rings. The minimum Gasteiger partial charge on any atom is -0.340 e. The Hall–Kier alpha value is -1.59. The van der Waals surface area contributed by atoms with Crippen LogP contribution in [-0.4, -0.2) is 41.4 Å². The van der Waals surface area contributed by atoms with Crippen LogP contribution in [0.25, 0.3) is 0 Å². The maximum absolute atomic E-state index is 12.5. The molecule has 0 aromatic heterocycles. The molecule has 116 valence electrons. The van der Waals surface area contributed by atoms with Crippen LogP contribution in [0, 0.1) is 5.92 Å². The number of urea groups is 1. The SMILES string of the molecule is O=C1NC(=O)C2(CCCN(C(=O)CC3CCCCC3)C2)N1. The lowest BCUT2D eigenvalue weighted by Gasteiger charge is -2.38. The van der Waals surface area contributed by atoms with Crippen molar-refractivity contribution < 1.29 is 14.4 Å². The monoisotopic (exact) mass is 293 g/mol. The van der Waals surface area contributed by atoms with Gasteiger partial charge in [0.15, 0.2) is 0 Å². The maximum Gasteiger partial charge on any atom is 0.322 e.